The molecule has 96 valence electrons. The van der Waals surface area contributed by atoms with Gasteiger partial charge in [0.15, 0.2) is 11.6 Å². The molecule has 3 nitrogen and oxygen atoms in total. The van der Waals surface area contributed by atoms with Crippen LogP contribution in [0, 0.1) is 11.6 Å². The minimum Gasteiger partial charge on any atom is -0.395 e. The molecule has 5 heteroatoms. The highest BCUT2D eigenvalue weighted by Crippen LogP contribution is 2.34. The molecule has 1 aromatic rings. The predicted molar refractivity (Wildman–Crippen MR) is 64.2 cm³/mol. The van der Waals surface area contributed by atoms with Crippen LogP contribution in [0.25, 0.3) is 0 Å². The predicted octanol–water partition coefficient (Wildman–Crippen LogP) is 1.24. The summed E-state index contributed by atoms with van der Waals surface area (Å²) in [4.78, 5) is 1.48. The fourth-order valence-electron chi connectivity index (χ4n) is 1.72. The van der Waals surface area contributed by atoms with Gasteiger partial charge in [0, 0.05) is 26.1 Å². The van der Waals surface area contributed by atoms with Gasteiger partial charge in [-0.05, 0) is 11.6 Å². The smallest absolute Gasteiger partial charge is 0.182 e. The topological polar surface area (TPSA) is 49.5 Å². The van der Waals surface area contributed by atoms with Crippen molar-refractivity contribution >= 4 is 5.69 Å². The highest BCUT2D eigenvalue weighted by atomic mass is 19.2. The number of halogens is 2. The van der Waals surface area contributed by atoms with Crippen molar-refractivity contribution in [2.75, 3.05) is 32.1 Å². The van der Waals surface area contributed by atoms with E-state index >= 15 is 0 Å². The van der Waals surface area contributed by atoms with Gasteiger partial charge in [-0.2, -0.15) is 0 Å². The number of nitrogens with zero attached hydrogens (tertiary/aromatic N) is 1. The average molecular weight is 244 g/mol. The molecule has 0 saturated heterocycles. The Bertz CT molecular complexity index is 404. The first-order valence-electron chi connectivity index (χ1n) is 5.34. The van der Waals surface area contributed by atoms with Crippen molar-refractivity contribution in [1.82, 2.24) is 0 Å². The number of rotatable bonds is 4. The molecule has 0 radical (unpaired) electrons. The minimum atomic E-state index is -0.916. The maximum Gasteiger partial charge on any atom is 0.182 e. The lowest BCUT2D eigenvalue weighted by molar-refractivity contribution is 0.210. The maximum absolute atomic E-state index is 13.8. The molecule has 0 fully saturated rings. The van der Waals surface area contributed by atoms with Crippen molar-refractivity contribution in [2.24, 2.45) is 5.73 Å². The Kier molecular flexibility index (Phi) is 4.06. The summed E-state index contributed by atoms with van der Waals surface area (Å²) >= 11 is 0. The van der Waals surface area contributed by atoms with Crippen LogP contribution in [0.2, 0.25) is 0 Å². The third-order valence-corrected chi connectivity index (χ3v) is 2.97. The molecule has 1 unspecified atom stereocenters. The molecule has 0 aliphatic carbocycles. The largest absolute Gasteiger partial charge is 0.395 e. The molecule has 0 bridgehead atoms. The Morgan fingerprint density at radius 2 is 1.94 bits per heavy atom. The van der Waals surface area contributed by atoms with Crippen molar-refractivity contribution in [3.05, 3.63) is 29.3 Å². The lowest BCUT2D eigenvalue weighted by Gasteiger charge is -2.31. The molecule has 0 aromatic heterocycles. The van der Waals surface area contributed by atoms with E-state index in [-0.39, 0.29) is 18.8 Å². The van der Waals surface area contributed by atoms with Crippen molar-refractivity contribution in [2.45, 2.75) is 12.3 Å². The molecule has 3 N–H and O–H groups in total. The van der Waals surface area contributed by atoms with Gasteiger partial charge in [0.05, 0.1) is 12.3 Å². The van der Waals surface area contributed by atoms with Crippen molar-refractivity contribution in [3.63, 3.8) is 0 Å². The zero-order chi connectivity index (χ0) is 13.2. The Labute approximate surface area is 99.8 Å². The van der Waals surface area contributed by atoms with Gasteiger partial charge >= 0.3 is 0 Å². The van der Waals surface area contributed by atoms with Gasteiger partial charge in [0.25, 0.3) is 0 Å². The van der Waals surface area contributed by atoms with Crippen LogP contribution in [0.4, 0.5) is 14.5 Å². The molecular weight excluding hydrogens is 226 g/mol. The zero-order valence-corrected chi connectivity index (χ0v) is 10.3. The van der Waals surface area contributed by atoms with E-state index in [0.717, 1.165) is 6.07 Å². The molecule has 0 amide bonds. The Morgan fingerprint density at radius 1 is 1.35 bits per heavy atom. The number of hydrogen-bond acceptors (Lipinski definition) is 3. The Balaban J connectivity index is 3.48. The minimum absolute atomic E-state index is 0.131. The molecule has 1 aromatic carbocycles. The van der Waals surface area contributed by atoms with E-state index in [1.54, 1.807) is 21.0 Å². The summed E-state index contributed by atoms with van der Waals surface area (Å²) in [6.07, 6.45) is 0. The van der Waals surface area contributed by atoms with Gasteiger partial charge in [-0.15, -0.1) is 0 Å². The Morgan fingerprint density at radius 3 is 2.35 bits per heavy atom. The van der Waals surface area contributed by atoms with Crippen LogP contribution in [0.1, 0.15) is 12.5 Å². The molecule has 0 saturated carbocycles. The van der Waals surface area contributed by atoms with Gasteiger partial charge < -0.3 is 15.7 Å². The molecule has 1 atom stereocenters. The number of aliphatic hydroxyl groups is 1. The van der Waals surface area contributed by atoms with E-state index in [1.165, 1.54) is 11.0 Å². The summed E-state index contributed by atoms with van der Waals surface area (Å²) in [6, 6.07) is 2.53. The van der Waals surface area contributed by atoms with Gasteiger partial charge in [0.1, 0.15) is 0 Å². The van der Waals surface area contributed by atoms with E-state index in [2.05, 4.69) is 0 Å². The second-order valence-electron chi connectivity index (χ2n) is 4.57. The number of nitrogens with two attached hydrogens (primary N) is 1. The van der Waals surface area contributed by atoms with E-state index in [4.69, 9.17) is 5.73 Å². The summed E-state index contributed by atoms with van der Waals surface area (Å²) in [5.74, 6) is -1.82. The molecule has 0 heterocycles. The summed E-state index contributed by atoms with van der Waals surface area (Å²) in [5, 5.41) is 9.39. The van der Waals surface area contributed by atoms with Gasteiger partial charge in [-0.25, -0.2) is 8.78 Å². The lowest BCUT2D eigenvalue weighted by Crippen LogP contribution is -2.37. The molecule has 0 aliphatic rings. The molecule has 17 heavy (non-hydrogen) atoms. The van der Waals surface area contributed by atoms with Crippen LogP contribution in [0.5, 0.6) is 0 Å². The SMILES string of the molecule is CN(C)c1c(C(C)(CN)CO)ccc(F)c1F. The molecule has 0 aliphatic heterocycles. The summed E-state index contributed by atoms with van der Waals surface area (Å²) < 4.78 is 27.0. The summed E-state index contributed by atoms with van der Waals surface area (Å²) in [5.41, 5.74) is 5.47. The van der Waals surface area contributed by atoms with Crippen LogP contribution in [0.3, 0.4) is 0 Å². The summed E-state index contributed by atoms with van der Waals surface area (Å²) in [6.45, 7) is 1.64. The first-order chi connectivity index (χ1) is 7.87. The van der Waals surface area contributed by atoms with Crippen LogP contribution >= 0.6 is 0 Å². The number of hydrogen-bond donors (Lipinski definition) is 2. The van der Waals surface area contributed by atoms with Crippen molar-refractivity contribution in [3.8, 4) is 0 Å². The van der Waals surface area contributed by atoms with E-state index in [1.807, 2.05) is 0 Å². The Hall–Kier alpha value is -1.20. The number of benzene rings is 1. The first-order valence-corrected chi connectivity index (χ1v) is 5.34. The standard InChI is InChI=1S/C12H18F2N2O/c1-12(6-15,7-17)8-4-5-9(13)10(14)11(8)16(2)3/h4-5,17H,6-7,15H2,1-3H3. The van der Waals surface area contributed by atoms with E-state index in [9.17, 15) is 13.9 Å². The van der Waals surface area contributed by atoms with Gasteiger partial charge in [0.2, 0.25) is 0 Å². The van der Waals surface area contributed by atoms with Crippen LogP contribution < -0.4 is 10.6 Å². The third kappa shape index (κ3) is 2.40. The van der Waals surface area contributed by atoms with Gasteiger partial charge in [-0.3, -0.25) is 0 Å². The normalized spacial score (nSPS) is 14.5. The van der Waals surface area contributed by atoms with E-state index in [0.29, 0.717) is 5.56 Å². The van der Waals surface area contributed by atoms with Gasteiger partial charge in [-0.1, -0.05) is 13.0 Å². The fraction of sp³-hybridized carbons (Fsp3) is 0.500. The number of aliphatic hydroxyl groups excluding tert-OH is 1. The number of anilines is 1. The van der Waals surface area contributed by atoms with Crippen LogP contribution in [-0.4, -0.2) is 32.4 Å². The molecule has 0 spiro atoms. The molecular formula is C12H18F2N2O. The molecule has 1 rings (SSSR count). The second kappa shape index (κ2) is 4.98. The van der Waals surface area contributed by atoms with Crippen molar-refractivity contribution < 1.29 is 13.9 Å². The van der Waals surface area contributed by atoms with Crippen LogP contribution in [-0.2, 0) is 5.41 Å². The average Bonchev–Trinajstić information content (AvgIpc) is 2.30. The highest BCUT2D eigenvalue weighted by molar-refractivity contribution is 5.57. The maximum atomic E-state index is 13.8. The van der Waals surface area contributed by atoms with Crippen LogP contribution in [0.15, 0.2) is 12.1 Å². The highest BCUT2D eigenvalue weighted by Gasteiger charge is 2.30. The van der Waals surface area contributed by atoms with Crippen molar-refractivity contribution in [1.29, 1.82) is 0 Å². The quantitative estimate of drug-likeness (QED) is 0.837. The van der Waals surface area contributed by atoms with E-state index < -0.39 is 17.0 Å². The first kappa shape index (κ1) is 13.9. The lowest BCUT2D eigenvalue weighted by atomic mass is 9.82. The fourth-order valence-corrected chi connectivity index (χ4v) is 1.72. The zero-order valence-electron chi connectivity index (χ0n) is 10.3. The summed E-state index contributed by atoms with van der Waals surface area (Å²) in [7, 11) is 3.24. The third-order valence-electron chi connectivity index (χ3n) is 2.97. The monoisotopic (exact) mass is 244 g/mol. The second-order valence-corrected chi connectivity index (χ2v) is 4.57.